The number of thiophene rings is 1. The standard InChI is InChI=1S/C12H12O3S/c1-3-15-8-4-5-11-9(6-8)10(7-13)12(14-2)16-11/h4-7H,3H2,1-2H3. The number of benzene rings is 1. The highest BCUT2D eigenvalue weighted by Gasteiger charge is 2.12. The van der Waals surface area contributed by atoms with Crippen LogP contribution in [0.4, 0.5) is 0 Å². The zero-order chi connectivity index (χ0) is 11.5. The van der Waals surface area contributed by atoms with Crippen molar-refractivity contribution in [1.29, 1.82) is 0 Å². The Hall–Kier alpha value is -1.55. The van der Waals surface area contributed by atoms with Gasteiger partial charge in [0.25, 0.3) is 0 Å². The molecular formula is C12H12O3S. The lowest BCUT2D eigenvalue weighted by Gasteiger charge is -2.02. The zero-order valence-corrected chi connectivity index (χ0v) is 9.97. The van der Waals surface area contributed by atoms with Gasteiger partial charge < -0.3 is 9.47 Å². The summed E-state index contributed by atoms with van der Waals surface area (Å²) in [5.41, 5.74) is 0.601. The molecule has 0 bridgehead atoms. The fourth-order valence-electron chi connectivity index (χ4n) is 1.59. The highest BCUT2D eigenvalue weighted by molar-refractivity contribution is 7.21. The maximum atomic E-state index is 11.0. The first-order chi connectivity index (χ1) is 7.80. The molecule has 16 heavy (non-hydrogen) atoms. The molecule has 0 saturated carbocycles. The van der Waals surface area contributed by atoms with Gasteiger partial charge in [0.05, 0.1) is 19.3 Å². The Balaban J connectivity index is 2.60. The fourth-order valence-corrected chi connectivity index (χ4v) is 2.56. The second-order valence-corrected chi connectivity index (χ2v) is 4.23. The largest absolute Gasteiger partial charge is 0.494 e. The van der Waals surface area contributed by atoms with Gasteiger partial charge in [-0.1, -0.05) is 11.3 Å². The average Bonchev–Trinajstić information content (AvgIpc) is 2.66. The molecule has 0 fully saturated rings. The number of hydrogen-bond donors (Lipinski definition) is 0. The summed E-state index contributed by atoms with van der Waals surface area (Å²) >= 11 is 1.47. The monoisotopic (exact) mass is 236 g/mol. The number of aldehydes is 1. The van der Waals surface area contributed by atoms with Crippen LogP contribution in [0, 0.1) is 0 Å². The lowest BCUT2D eigenvalue weighted by molar-refractivity contribution is 0.112. The molecule has 3 nitrogen and oxygen atoms in total. The molecule has 1 aromatic carbocycles. The predicted molar refractivity (Wildman–Crippen MR) is 64.9 cm³/mol. The van der Waals surface area contributed by atoms with E-state index in [1.165, 1.54) is 11.3 Å². The predicted octanol–water partition coefficient (Wildman–Crippen LogP) is 3.12. The zero-order valence-electron chi connectivity index (χ0n) is 9.15. The normalized spacial score (nSPS) is 10.4. The molecule has 0 atom stereocenters. The van der Waals surface area contributed by atoms with E-state index >= 15 is 0 Å². The van der Waals surface area contributed by atoms with Crippen molar-refractivity contribution in [2.24, 2.45) is 0 Å². The third-order valence-electron chi connectivity index (χ3n) is 2.28. The van der Waals surface area contributed by atoms with Crippen LogP contribution in [-0.2, 0) is 0 Å². The van der Waals surface area contributed by atoms with Crippen LogP contribution in [0.2, 0.25) is 0 Å². The van der Waals surface area contributed by atoms with Gasteiger partial charge in [-0.3, -0.25) is 4.79 Å². The van der Waals surface area contributed by atoms with Gasteiger partial charge in [0.1, 0.15) is 5.75 Å². The van der Waals surface area contributed by atoms with Gasteiger partial charge in [0.2, 0.25) is 0 Å². The van der Waals surface area contributed by atoms with Gasteiger partial charge in [-0.05, 0) is 25.1 Å². The molecular weight excluding hydrogens is 224 g/mol. The molecule has 84 valence electrons. The van der Waals surface area contributed by atoms with Gasteiger partial charge in [-0.2, -0.15) is 0 Å². The SMILES string of the molecule is CCOc1ccc2sc(OC)c(C=O)c2c1. The molecule has 0 aliphatic heterocycles. The summed E-state index contributed by atoms with van der Waals surface area (Å²) in [7, 11) is 1.57. The molecule has 2 aromatic rings. The van der Waals surface area contributed by atoms with Crippen LogP contribution < -0.4 is 9.47 Å². The lowest BCUT2D eigenvalue weighted by atomic mass is 10.2. The van der Waals surface area contributed by atoms with Gasteiger partial charge in [0, 0.05) is 10.1 Å². The molecule has 0 aliphatic carbocycles. The smallest absolute Gasteiger partial charge is 0.185 e. The Kier molecular flexibility index (Phi) is 3.10. The Bertz CT molecular complexity index is 516. The van der Waals surface area contributed by atoms with Crippen LogP contribution in [0.5, 0.6) is 10.8 Å². The van der Waals surface area contributed by atoms with Crippen LogP contribution in [-0.4, -0.2) is 20.0 Å². The first-order valence-corrected chi connectivity index (χ1v) is 5.80. The van der Waals surface area contributed by atoms with E-state index in [0.717, 1.165) is 22.1 Å². The summed E-state index contributed by atoms with van der Waals surface area (Å²) in [6, 6.07) is 5.72. The van der Waals surface area contributed by atoms with Crippen molar-refractivity contribution >= 4 is 27.7 Å². The first kappa shape index (κ1) is 11.0. The minimum absolute atomic E-state index is 0.601. The van der Waals surface area contributed by atoms with Gasteiger partial charge in [0.15, 0.2) is 11.3 Å². The molecule has 4 heteroatoms. The maximum Gasteiger partial charge on any atom is 0.185 e. The van der Waals surface area contributed by atoms with Crippen molar-refractivity contribution in [2.45, 2.75) is 6.92 Å². The molecule has 0 saturated heterocycles. The number of methoxy groups -OCH3 is 1. The minimum Gasteiger partial charge on any atom is -0.494 e. The molecule has 1 heterocycles. The molecule has 0 radical (unpaired) electrons. The van der Waals surface area contributed by atoms with Gasteiger partial charge in [-0.25, -0.2) is 0 Å². The molecule has 0 amide bonds. The van der Waals surface area contributed by atoms with E-state index in [1.807, 2.05) is 25.1 Å². The molecule has 0 spiro atoms. The van der Waals surface area contributed by atoms with E-state index in [1.54, 1.807) is 7.11 Å². The van der Waals surface area contributed by atoms with E-state index in [4.69, 9.17) is 9.47 Å². The average molecular weight is 236 g/mol. The third kappa shape index (κ3) is 1.76. The van der Waals surface area contributed by atoms with Crippen LogP contribution >= 0.6 is 11.3 Å². The number of hydrogen-bond acceptors (Lipinski definition) is 4. The van der Waals surface area contributed by atoms with Crippen molar-refractivity contribution in [3.05, 3.63) is 23.8 Å². The minimum atomic E-state index is 0.601. The number of rotatable bonds is 4. The topological polar surface area (TPSA) is 35.5 Å². The van der Waals surface area contributed by atoms with E-state index in [2.05, 4.69) is 0 Å². The number of fused-ring (bicyclic) bond motifs is 1. The molecule has 2 rings (SSSR count). The van der Waals surface area contributed by atoms with Crippen molar-refractivity contribution in [2.75, 3.05) is 13.7 Å². The first-order valence-electron chi connectivity index (χ1n) is 4.98. The molecule has 0 N–H and O–H groups in total. The highest BCUT2D eigenvalue weighted by Crippen LogP contribution is 2.37. The van der Waals surface area contributed by atoms with Crippen LogP contribution in [0.25, 0.3) is 10.1 Å². The Morgan fingerprint density at radius 1 is 1.44 bits per heavy atom. The van der Waals surface area contributed by atoms with E-state index in [0.29, 0.717) is 17.2 Å². The fraction of sp³-hybridized carbons (Fsp3) is 0.250. The highest BCUT2D eigenvalue weighted by atomic mass is 32.1. The number of carbonyl (C=O) groups is 1. The summed E-state index contributed by atoms with van der Waals surface area (Å²) in [4.78, 5) is 11.0. The van der Waals surface area contributed by atoms with Crippen molar-refractivity contribution < 1.29 is 14.3 Å². The van der Waals surface area contributed by atoms with Gasteiger partial charge >= 0.3 is 0 Å². The summed E-state index contributed by atoms with van der Waals surface area (Å²) < 4.78 is 11.6. The Morgan fingerprint density at radius 2 is 2.25 bits per heavy atom. The van der Waals surface area contributed by atoms with Crippen molar-refractivity contribution in [1.82, 2.24) is 0 Å². The lowest BCUT2D eigenvalue weighted by Crippen LogP contribution is -1.90. The molecule has 1 aromatic heterocycles. The summed E-state index contributed by atoms with van der Waals surface area (Å²) in [5.74, 6) is 0.776. The second-order valence-electron chi connectivity index (χ2n) is 3.22. The molecule has 0 unspecified atom stereocenters. The number of ether oxygens (including phenoxy) is 2. The van der Waals surface area contributed by atoms with Crippen molar-refractivity contribution in [3.8, 4) is 10.8 Å². The summed E-state index contributed by atoms with van der Waals surface area (Å²) in [6.45, 7) is 2.54. The second kappa shape index (κ2) is 4.53. The Labute approximate surface area is 97.6 Å². The van der Waals surface area contributed by atoms with Crippen LogP contribution in [0.3, 0.4) is 0 Å². The van der Waals surface area contributed by atoms with Crippen LogP contribution in [0.1, 0.15) is 17.3 Å². The quantitative estimate of drug-likeness (QED) is 0.765. The number of carbonyl (C=O) groups excluding carboxylic acids is 1. The van der Waals surface area contributed by atoms with Gasteiger partial charge in [-0.15, -0.1) is 0 Å². The van der Waals surface area contributed by atoms with E-state index in [9.17, 15) is 4.79 Å². The van der Waals surface area contributed by atoms with E-state index in [-0.39, 0.29) is 0 Å². The molecule has 0 aliphatic rings. The Morgan fingerprint density at radius 3 is 2.88 bits per heavy atom. The summed E-state index contributed by atoms with van der Waals surface area (Å²) in [6.07, 6.45) is 0.827. The third-order valence-corrected chi connectivity index (χ3v) is 3.43. The van der Waals surface area contributed by atoms with E-state index < -0.39 is 0 Å². The van der Waals surface area contributed by atoms with Crippen molar-refractivity contribution in [3.63, 3.8) is 0 Å². The summed E-state index contributed by atoms with van der Waals surface area (Å²) in [5, 5.41) is 1.54. The maximum absolute atomic E-state index is 11.0. The van der Waals surface area contributed by atoms with Crippen LogP contribution in [0.15, 0.2) is 18.2 Å².